The molecule has 0 saturated heterocycles. The van der Waals surface area contributed by atoms with Crippen LogP contribution in [0, 0.1) is 25.2 Å². The van der Waals surface area contributed by atoms with Crippen LogP contribution >= 0.6 is 11.6 Å². The van der Waals surface area contributed by atoms with E-state index >= 15 is 0 Å². The average Bonchev–Trinajstić information content (AvgIpc) is 2.83. The number of fused-ring (bicyclic) bond motifs is 7. The second kappa shape index (κ2) is 8.22. The third kappa shape index (κ3) is 3.37. The van der Waals surface area contributed by atoms with Crippen LogP contribution in [0.1, 0.15) is 66.8 Å². The van der Waals surface area contributed by atoms with Crippen LogP contribution < -0.4 is 11.1 Å². The van der Waals surface area contributed by atoms with Gasteiger partial charge in [-0.25, -0.2) is 4.98 Å². The zero-order valence-electron chi connectivity index (χ0n) is 19.9. The van der Waals surface area contributed by atoms with Gasteiger partial charge in [0.25, 0.3) is 5.91 Å². The molecule has 36 heavy (non-hydrogen) atoms. The zero-order valence-corrected chi connectivity index (χ0v) is 20.6. The molecule has 6 heteroatoms. The summed E-state index contributed by atoms with van der Waals surface area (Å²) in [4.78, 5) is 17.3. The topological polar surface area (TPSA) is 91.8 Å². The van der Waals surface area contributed by atoms with E-state index in [2.05, 4.69) is 40.6 Å². The number of benzene rings is 3. The minimum Gasteiger partial charge on any atom is -0.384 e. The van der Waals surface area contributed by atoms with Crippen LogP contribution in [0.2, 0.25) is 5.02 Å². The van der Waals surface area contributed by atoms with E-state index in [1.165, 1.54) is 22.3 Å². The summed E-state index contributed by atoms with van der Waals surface area (Å²) in [6.45, 7) is 4.29. The number of halogens is 1. The number of carbonyl (C=O) groups excluding carboxylic acids is 1. The molecule has 1 amide bonds. The molecule has 4 aromatic rings. The minimum absolute atomic E-state index is 0.106. The van der Waals surface area contributed by atoms with Crippen LogP contribution in [0.4, 0.5) is 5.82 Å². The predicted molar refractivity (Wildman–Crippen MR) is 141 cm³/mol. The fraction of sp³-hybridized carbons (Fsp3) is 0.167. The molecule has 2 aliphatic carbocycles. The third-order valence-electron chi connectivity index (χ3n) is 7.52. The highest BCUT2D eigenvalue weighted by Gasteiger charge is 2.49. The van der Waals surface area contributed by atoms with E-state index in [0.717, 1.165) is 27.9 Å². The van der Waals surface area contributed by atoms with E-state index in [4.69, 9.17) is 17.3 Å². The third-order valence-corrected chi connectivity index (χ3v) is 7.76. The summed E-state index contributed by atoms with van der Waals surface area (Å²) >= 11 is 6.09. The van der Waals surface area contributed by atoms with Gasteiger partial charge in [-0.1, -0.05) is 41.9 Å². The second-order valence-corrected chi connectivity index (χ2v) is 9.99. The summed E-state index contributed by atoms with van der Waals surface area (Å²) in [6, 6.07) is 21.9. The van der Waals surface area contributed by atoms with Crippen molar-refractivity contribution in [2.75, 3.05) is 5.73 Å². The summed E-state index contributed by atoms with van der Waals surface area (Å²) in [5, 5.41) is 13.2. The van der Waals surface area contributed by atoms with Crippen LogP contribution in [0.15, 0.2) is 60.7 Å². The van der Waals surface area contributed by atoms with Gasteiger partial charge < -0.3 is 11.1 Å². The molecular weight excluding hydrogens is 468 g/mol. The number of rotatable bonds is 4. The predicted octanol–water partition coefficient (Wildman–Crippen LogP) is 5.99. The summed E-state index contributed by atoms with van der Waals surface area (Å²) in [6.07, 6.45) is 0. The Morgan fingerprint density at radius 1 is 1.00 bits per heavy atom. The molecular formula is C30H23ClN4O. The molecule has 0 saturated carbocycles. The Bertz CT molecular complexity index is 1610. The number of hydrogen-bond acceptors (Lipinski definition) is 4. The van der Waals surface area contributed by atoms with Gasteiger partial charge in [0.05, 0.1) is 11.6 Å². The van der Waals surface area contributed by atoms with Crippen molar-refractivity contribution in [3.8, 4) is 17.2 Å². The Kier molecular flexibility index (Phi) is 5.10. The number of hydrogen-bond donors (Lipinski definition) is 2. The zero-order chi connectivity index (χ0) is 25.1. The van der Waals surface area contributed by atoms with Crippen molar-refractivity contribution >= 4 is 23.3 Å². The van der Waals surface area contributed by atoms with Gasteiger partial charge in [0.1, 0.15) is 5.82 Å². The highest BCUT2D eigenvalue weighted by molar-refractivity contribution is 6.30. The van der Waals surface area contributed by atoms with Gasteiger partial charge in [0.15, 0.2) is 0 Å². The first-order chi connectivity index (χ1) is 17.4. The number of pyridine rings is 1. The lowest BCUT2D eigenvalue weighted by atomic mass is 9.52. The van der Waals surface area contributed by atoms with Crippen LogP contribution in [-0.2, 0) is 6.54 Å². The Hall–Kier alpha value is -4.14. The maximum atomic E-state index is 13.0. The fourth-order valence-electron chi connectivity index (χ4n) is 5.71. The number of amides is 1. The summed E-state index contributed by atoms with van der Waals surface area (Å²) in [7, 11) is 0. The normalized spacial score (nSPS) is 16.5. The highest BCUT2D eigenvalue weighted by atomic mass is 35.5. The first-order valence-corrected chi connectivity index (χ1v) is 12.2. The number of nitrogens with two attached hydrogens (primary N) is 1. The van der Waals surface area contributed by atoms with Crippen LogP contribution in [0.3, 0.4) is 0 Å². The van der Waals surface area contributed by atoms with Crippen molar-refractivity contribution < 1.29 is 4.79 Å². The minimum atomic E-state index is -0.106. The van der Waals surface area contributed by atoms with Gasteiger partial charge in [-0.3, -0.25) is 4.79 Å². The van der Waals surface area contributed by atoms with Crippen molar-refractivity contribution in [3.63, 3.8) is 0 Å². The lowest BCUT2D eigenvalue weighted by Gasteiger charge is -2.50. The number of nitrogen functional groups attached to an aromatic ring is 1. The van der Waals surface area contributed by atoms with E-state index in [9.17, 15) is 10.1 Å². The van der Waals surface area contributed by atoms with Gasteiger partial charge >= 0.3 is 0 Å². The largest absolute Gasteiger partial charge is 0.384 e. The number of nitrogens with zero attached hydrogens (tertiary/aromatic N) is 2. The van der Waals surface area contributed by atoms with Crippen molar-refractivity contribution in [2.45, 2.75) is 32.2 Å². The molecule has 3 aromatic carbocycles. The molecule has 0 fully saturated rings. The molecule has 1 unspecified atom stereocenters. The maximum Gasteiger partial charge on any atom is 0.251 e. The Morgan fingerprint density at radius 2 is 1.72 bits per heavy atom. The molecule has 0 bridgehead atoms. The maximum absolute atomic E-state index is 13.0. The number of nitriles is 1. The van der Waals surface area contributed by atoms with E-state index in [0.29, 0.717) is 34.4 Å². The van der Waals surface area contributed by atoms with Gasteiger partial charge in [0.2, 0.25) is 0 Å². The van der Waals surface area contributed by atoms with Crippen molar-refractivity contribution in [3.05, 3.63) is 116 Å². The van der Waals surface area contributed by atoms with Gasteiger partial charge in [-0.2, -0.15) is 5.26 Å². The van der Waals surface area contributed by atoms with Crippen LogP contribution in [0.25, 0.3) is 11.1 Å². The van der Waals surface area contributed by atoms with E-state index in [-0.39, 0.29) is 11.8 Å². The first kappa shape index (κ1) is 22.3. The number of aryl methyl sites for hydroxylation is 2. The number of anilines is 1. The Morgan fingerprint density at radius 3 is 2.47 bits per heavy atom. The molecule has 2 aliphatic rings. The van der Waals surface area contributed by atoms with Gasteiger partial charge in [0, 0.05) is 34.7 Å². The van der Waals surface area contributed by atoms with Crippen molar-refractivity contribution in [1.82, 2.24) is 10.3 Å². The summed E-state index contributed by atoms with van der Waals surface area (Å²) in [5.74, 6) is 1.05. The molecule has 3 N–H and O–H groups in total. The number of nitrogens with one attached hydrogen (secondary N) is 1. The molecule has 0 spiro atoms. The molecule has 176 valence electrons. The summed E-state index contributed by atoms with van der Waals surface area (Å²) < 4.78 is 0. The molecule has 1 aromatic heterocycles. The Labute approximate surface area is 214 Å². The monoisotopic (exact) mass is 490 g/mol. The van der Waals surface area contributed by atoms with E-state index in [1.807, 2.05) is 44.2 Å². The standard InChI is InChI=1S/C30H23ClN4O/c1-15-9-27(33)35-16(2)26(15)14-34-30(36)18-4-7-23-25(12-18)29-24-11-17(3-6-22(24)28(23)29)21-8-5-20(31)10-19(21)13-32/h3-12,28-29H,14H2,1-2H3,(H2,33,35)(H,34,36)/t28-,29?/m0/s1. The number of aromatic nitrogens is 1. The first-order valence-electron chi connectivity index (χ1n) is 11.8. The Balaban J connectivity index is 1.24. The van der Waals surface area contributed by atoms with Crippen LogP contribution in [-0.4, -0.2) is 10.9 Å². The SMILES string of the molecule is Cc1cc(N)nc(C)c1CNC(=O)c1ccc2c(c1)C1c3cc(-c4ccc(Cl)cc4C#N)ccc3[C@@H]21. The molecule has 6 rings (SSSR count). The molecule has 2 atom stereocenters. The quantitative estimate of drug-likeness (QED) is 0.367. The number of carbonyl (C=O) groups is 1. The molecule has 5 nitrogen and oxygen atoms in total. The van der Waals surface area contributed by atoms with Crippen molar-refractivity contribution in [2.24, 2.45) is 0 Å². The van der Waals surface area contributed by atoms with Crippen molar-refractivity contribution in [1.29, 1.82) is 5.26 Å². The molecule has 0 radical (unpaired) electrons. The smallest absolute Gasteiger partial charge is 0.251 e. The lowest BCUT2D eigenvalue weighted by molar-refractivity contribution is 0.0950. The molecule has 1 heterocycles. The second-order valence-electron chi connectivity index (χ2n) is 9.56. The highest BCUT2D eigenvalue weighted by Crippen LogP contribution is 2.63. The van der Waals surface area contributed by atoms with E-state index in [1.54, 1.807) is 6.07 Å². The molecule has 0 aliphatic heterocycles. The van der Waals surface area contributed by atoms with Gasteiger partial charge in [-0.05, 0) is 88.7 Å². The average molecular weight is 491 g/mol. The van der Waals surface area contributed by atoms with E-state index < -0.39 is 0 Å². The fourth-order valence-corrected chi connectivity index (χ4v) is 5.88. The summed E-state index contributed by atoms with van der Waals surface area (Å²) in [5.41, 5.74) is 16.8. The van der Waals surface area contributed by atoms with Gasteiger partial charge in [-0.15, -0.1) is 0 Å². The van der Waals surface area contributed by atoms with Crippen LogP contribution in [0.5, 0.6) is 0 Å². The lowest BCUT2D eigenvalue weighted by Crippen LogP contribution is -2.36.